The van der Waals surface area contributed by atoms with Gasteiger partial charge in [-0.05, 0) is 12.8 Å². The molecule has 0 aliphatic rings. The van der Waals surface area contributed by atoms with Crippen molar-refractivity contribution in [1.82, 2.24) is 0 Å². The molecule has 0 N–H and O–H groups in total. The van der Waals surface area contributed by atoms with Gasteiger partial charge in [-0.3, -0.25) is 0 Å². The van der Waals surface area contributed by atoms with Gasteiger partial charge in [0.2, 0.25) is 0 Å². The van der Waals surface area contributed by atoms with E-state index in [0.29, 0.717) is 13.2 Å². The molecule has 0 amide bonds. The number of ether oxygens (including phenoxy) is 2. The topological polar surface area (TPSA) is 52.6 Å². The highest BCUT2D eigenvalue weighted by molar-refractivity contribution is 7.85. The smallest absolute Gasteiger partial charge is 0.344 e. The molecule has 0 radical (unpaired) electrons. The van der Waals surface area contributed by atoms with Gasteiger partial charge in [0, 0.05) is 6.08 Å². The summed E-state index contributed by atoms with van der Waals surface area (Å²) >= 11 is 4.02. The van der Waals surface area contributed by atoms with Crippen LogP contribution in [0, 0.1) is 0 Å². The maximum Gasteiger partial charge on any atom is 0.344 e. The van der Waals surface area contributed by atoms with Gasteiger partial charge in [-0.2, -0.15) is 0 Å². The summed E-state index contributed by atoms with van der Waals surface area (Å²) in [6, 6.07) is 0. The van der Waals surface area contributed by atoms with Crippen molar-refractivity contribution < 1.29 is 19.1 Å². The molecule has 0 aromatic carbocycles. The number of hydrogen-bond donors (Lipinski definition) is 1. The highest BCUT2D eigenvalue weighted by Crippen LogP contribution is 2.09. The lowest BCUT2D eigenvalue weighted by atomic mass is 10.1. The number of hydrogen-bond acceptors (Lipinski definition) is 5. The number of thiol groups is 1. The number of unbranched alkanes of at least 4 members (excludes halogenated alkanes) is 10. The van der Waals surface area contributed by atoms with E-state index in [1.807, 2.05) is 0 Å². The molecule has 0 saturated heterocycles. The molecule has 0 heterocycles. The molecule has 0 fully saturated rings. The zero-order valence-corrected chi connectivity index (χ0v) is 17.0. The van der Waals surface area contributed by atoms with Crippen molar-refractivity contribution >= 4 is 24.6 Å². The van der Waals surface area contributed by atoms with Crippen LogP contribution in [0.15, 0.2) is 11.0 Å². The van der Waals surface area contributed by atoms with Crippen LogP contribution in [-0.2, 0) is 19.1 Å². The third kappa shape index (κ3) is 16.3. The van der Waals surface area contributed by atoms with Gasteiger partial charge in [-0.15, -0.1) is 12.6 Å². The predicted molar refractivity (Wildman–Crippen MR) is 106 cm³/mol. The van der Waals surface area contributed by atoms with E-state index in [2.05, 4.69) is 26.5 Å². The molecule has 25 heavy (non-hydrogen) atoms. The van der Waals surface area contributed by atoms with Gasteiger partial charge in [0.05, 0.1) is 18.1 Å². The van der Waals surface area contributed by atoms with Crippen LogP contribution < -0.4 is 0 Å². The van der Waals surface area contributed by atoms with Crippen molar-refractivity contribution in [2.24, 2.45) is 0 Å². The fourth-order valence-electron chi connectivity index (χ4n) is 2.39. The molecule has 5 heteroatoms. The quantitative estimate of drug-likeness (QED) is 0.166. The monoisotopic (exact) mass is 372 g/mol. The Balaban J connectivity index is 3.71. The predicted octanol–water partition coefficient (Wildman–Crippen LogP) is 5.61. The van der Waals surface area contributed by atoms with Gasteiger partial charge >= 0.3 is 11.9 Å². The summed E-state index contributed by atoms with van der Waals surface area (Å²) < 4.78 is 10.2. The van der Waals surface area contributed by atoms with Gasteiger partial charge in [0.15, 0.2) is 0 Å². The van der Waals surface area contributed by atoms with Gasteiger partial charge in [-0.1, -0.05) is 78.1 Å². The van der Waals surface area contributed by atoms with Crippen molar-refractivity contribution in [3.63, 3.8) is 0 Å². The molecule has 4 nitrogen and oxygen atoms in total. The van der Waals surface area contributed by atoms with Gasteiger partial charge in [0.1, 0.15) is 0 Å². The molecular weight excluding hydrogens is 336 g/mol. The third-order valence-corrected chi connectivity index (χ3v) is 4.25. The van der Waals surface area contributed by atoms with Gasteiger partial charge in [-0.25, -0.2) is 9.59 Å². The summed E-state index contributed by atoms with van der Waals surface area (Å²) in [5.74, 6) is -1.09. The Bertz CT molecular complexity index is 380. The van der Waals surface area contributed by atoms with Crippen LogP contribution >= 0.6 is 12.6 Å². The lowest BCUT2D eigenvalue weighted by Crippen LogP contribution is -2.09. The van der Waals surface area contributed by atoms with Crippen molar-refractivity contribution in [3.8, 4) is 0 Å². The minimum Gasteiger partial charge on any atom is -0.462 e. The SMILES string of the molecule is CCCCCCCCOC(=O)/C=C(/S)C(=O)OCCCCCCCC. The largest absolute Gasteiger partial charge is 0.462 e. The summed E-state index contributed by atoms with van der Waals surface area (Å²) in [5.41, 5.74) is 0. The molecule has 146 valence electrons. The molecular formula is C20H36O4S. The average Bonchev–Trinajstić information content (AvgIpc) is 2.59. The molecule has 0 aromatic rings. The standard InChI is InChI=1S/C20H36O4S/c1-3-5-7-9-11-13-15-23-19(21)17-18(25)20(22)24-16-14-12-10-8-6-4-2/h17,25H,3-16H2,1-2H3/b18-17+. The van der Waals surface area contributed by atoms with Crippen molar-refractivity contribution in [3.05, 3.63) is 11.0 Å². The zero-order chi connectivity index (χ0) is 18.8. The molecule has 0 bridgehead atoms. The number of rotatable bonds is 16. The van der Waals surface area contributed by atoms with Crippen molar-refractivity contribution in [1.29, 1.82) is 0 Å². The first-order valence-corrected chi connectivity index (χ1v) is 10.3. The second kappa shape index (κ2) is 17.8. The Labute approximate surface area is 159 Å². The van der Waals surface area contributed by atoms with E-state index in [4.69, 9.17) is 9.47 Å². The summed E-state index contributed by atoms with van der Waals surface area (Å²) in [4.78, 5) is 23.3. The number of carbonyl (C=O) groups is 2. The van der Waals surface area contributed by atoms with E-state index in [0.717, 1.165) is 31.8 Å². The summed E-state index contributed by atoms with van der Waals surface area (Å²) in [7, 11) is 0. The molecule has 0 aromatic heterocycles. The lowest BCUT2D eigenvalue weighted by molar-refractivity contribution is -0.140. The Hall–Kier alpha value is -0.970. The van der Waals surface area contributed by atoms with Crippen LogP contribution in [-0.4, -0.2) is 25.2 Å². The van der Waals surface area contributed by atoms with E-state index >= 15 is 0 Å². The maximum atomic E-state index is 11.7. The van der Waals surface area contributed by atoms with E-state index in [9.17, 15) is 9.59 Å². The highest BCUT2D eigenvalue weighted by atomic mass is 32.1. The minimum atomic E-state index is -0.562. The fourth-order valence-corrected chi connectivity index (χ4v) is 2.56. The molecule has 0 rings (SSSR count). The summed E-state index contributed by atoms with van der Waals surface area (Å²) in [6.07, 6.45) is 14.7. The first kappa shape index (κ1) is 24.0. The molecule has 0 aliphatic carbocycles. The van der Waals surface area contributed by atoms with Gasteiger partial charge in [0.25, 0.3) is 0 Å². The van der Waals surface area contributed by atoms with Crippen LogP contribution in [0.1, 0.15) is 90.9 Å². The van der Waals surface area contributed by atoms with E-state index in [-0.39, 0.29) is 4.91 Å². The maximum absolute atomic E-state index is 11.7. The average molecular weight is 373 g/mol. The van der Waals surface area contributed by atoms with E-state index in [1.54, 1.807) is 0 Å². The van der Waals surface area contributed by atoms with Crippen molar-refractivity contribution in [2.45, 2.75) is 90.9 Å². The van der Waals surface area contributed by atoms with Crippen LogP contribution in [0.3, 0.4) is 0 Å². The Morgan fingerprint density at radius 1 is 0.720 bits per heavy atom. The van der Waals surface area contributed by atoms with Crippen LogP contribution in [0.4, 0.5) is 0 Å². The Morgan fingerprint density at radius 3 is 1.68 bits per heavy atom. The second-order valence-electron chi connectivity index (χ2n) is 6.37. The number of carbonyl (C=O) groups excluding carboxylic acids is 2. The second-order valence-corrected chi connectivity index (χ2v) is 6.85. The minimum absolute atomic E-state index is 0.000992. The zero-order valence-electron chi connectivity index (χ0n) is 16.1. The van der Waals surface area contributed by atoms with Crippen molar-refractivity contribution in [2.75, 3.05) is 13.2 Å². The van der Waals surface area contributed by atoms with E-state index < -0.39 is 11.9 Å². The molecule has 0 unspecified atom stereocenters. The normalized spacial score (nSPS) is 11.4. The molecule has 0 spiro atoms. The first-order valence-electron chi connectivity index (χ1n) is 9.86. The lowest BCUT2D eigenvalue weighted by Gasteiger charge is -2.05. The number of esters is 2. The molecule has 0 aliphatic heterocycles. The summed E-state index contributed by atoms with van der Waals surface area (Å²) in [5, 5.41) is 0. The first-order chi connectivity index (χ1) is 12.1. The highest BCUT2D eigenvalue weighted by Gasteiger charge is 2.09. The Morgan fingerprint density at radius 2 is 1.16 bits per heavy atom. The molecule has 0 atom stereocenters. The van der Waals surface area contributed by atoms with Gasteiger partial charge < -0.3 is 9.47 Å². The van der Waals surface area contributed by atoms with E-state index in [1.165, 1.54) is 51.4 Å². The van der Waals surface area contributed by atoms with Crippen LogP contribution in [0.2, 0.25) is 0 Å². The van der Waals surface area contributed by atoms with Crippen LogP contribution in [0.5, 0.6) is 0 Å². The Kier molecular flexibility index (Phi) is 17.1. The third-order valence-electron chi connectivity index (χ3n) is 3.94. The fraction of sp³-hybridized carbons (Fsp3) is 0.800. The molecule has 0 saturated carbocycles. The summed E-state index contributed by atoms with van der Waals surface area (Å²) in [6.45, 7) is 5.12. The van der Waals surface area contributed by atoms with Crippen LogP contribution in [0.25, 0.3) is 0 Å².